The third kappa shape index (κ3) is 2.79. The van der Waals surface area contributed by atoms with Crippen LogP contribution >= 0.6 is 11.3 Å². The topological polar surface area (TPSA) is 114 Å². The van der Waals surface area contributed by atoms with Crippen molar-refractivity contribution < 1.29 is 9.21 Å². The molecule has 0 unspecified atom stereocenters. The maximum atomic E-state index is 12.0. The number of nitrogens with zero attached hydrogens (tertiary/aromatic N) is 3. The molecule has 0 saturated heterocycles. The van der Waals surface area contributed by atoms with E-state index in [-0.39, 0.29) is 17.1 Å². The van der Waals surface area contributed by atoms with Crippen molar-refractivity contribution in [3.63, 3.8) is 0 Å². The maximum absolute atomic E-state index is 12.0. The van der Waals surface area contributed by atoms with Crippen molar-refractivity contribution in [1.29, 1.82) is 0 Å². The van der Waals surface area contributed by atoms with Crippen molar-refractivity contribution in [2.75, 3.05) is 5.32 Å². The lowest BCUT2D eigenvalue weighted by Gasteiger charge is -1.99. The van der Waals surface area contributed by atoms with Gasteiger partial charge < -0.3 is 9.40 Å². The summed E-state index contributed by atoms with van der Waals surface area (Å²) in [6.07, 6.45) is 1.31. The van der Waals surface area contributed by atoms with E-state index >= 15 is 0 Å². The smallest absolute Gasteiger partial charge is 0.322 e. The molecule has 0 radical (unpaired) electrons. The molecular formula is C13H11N5O3S. The van der Waals surface area contributed by atoms with E-state index in [1.54, 1.807) is 0 Å². The highest BCUT2D eigenvalue weighted by molar-refractivity contribution is 7.15. The number of pyridine rings is 1. The Hall–Kier alpha value is -2.81. The minimum absolute atomic E-state index is 0.0170. The minimum atomic E-state index is -0.455. The van der Waals surface area contributed by atoms with Crippen molar-refractivity contribution in [3.8, 4) is 10.8 Å². The van der Waals surface area contributed by atoms with Crippen LogP contribution in [-0.2, 0) is 0 Å². The van der Waals surface area contributed by atoms with Crippen molar-refractivity contribution in [2.45, 2.75) is 13.8 Å². The van der Waals surface area contributed by atoms with Gasteiger partial charge in [0.1, 0.15) is 4.88 Å². The number of aromatic nitrogens is 4. The summed E-state index contributed by atoms with van der Waals surface area (Å²) in [6, 6.07) is 2.65. The predicted octanol–water partition coefficient (Wildman–Crippen LogP) is 1.75. The van der Waals surface area contributed by atoms with Crippen molar-refractivity contribution in [1.82, 2.24) is 20.2 Å². The molecule has 1 amide bonds. The predicted molar refractivity (Wildman–Crippen MR) is 79.9 cm³/mol. The summed E-state index contributed by atoms with van der Waals surface area (Å²) < 4.78 is 5.42. The largest absolute Gasteiger partial charge is 0.402 e. The molecule has 3 heterocycles. The lowest BCUT2D eigenvalue weighted by Crippen LogP contribution is -2.14. The van der Waals surface area contributed by atoms with E-state index in [1.807, 2.05) is 13.8 Å². The molecular weight excluding hydrogens is 306 g/mol. The van der Waals surface area contributed by atoms with Gasteiger partial charge in [-0.2, -0.15) is 0 Å². The van der Waals surface area contributed by atoms with Crippen LogP contribution in [0.3, 0.4) is 0 Å². The summed E-state index contributed by atoms with van der Waals surface area (Å²) in [5.74, 6) is -0.150. The zero-order chi connectivity index (χ0) is 15.7. The van der Waals surface area contributed by atoms with Crippen LogP contribution in [0.15, 0.2) is 27.5 Å². The number of aromatic amines is 1. The second-order valence-corrected chi connectivity index (χ2v) is 5.66. The van der Waals surface area contributed by atoms with E-state index in [4.69, 9.17) is 4.42 Å². The van der Waals surface area contributed by atoms with Crippen LogP contribution in [0.4, 0.5) is 6.01 Å². The summed E-state index contributed by atoms with van der Waals surface area (Å²) in [5, 5.41) is 11.1. The second-order valence-electron chi connectivity index (χ2n) is 4.46. The molecule has 3 aromatic heterocycles. The van der Waals surface area contributed by atoms with Crippen LogP contribution in [0.1, 0.15) is 21.1 Å². The number of anilines is 1. The number of rotatable bonds is 3. The standard InChI is InChI=1S/C13H11N5O3S/c1-6-10(22-7(2)15-6)12-17-18-13(21-12)16-11(20)8-3-4-9(19)14-5-8/h3-5H,1-2H3,(H,14,19)(H,16,18,20). The molecule has 0 atom stereocenters. The summed E-state index contributed by atoms with van der Waals surface area (Å²) in [5.41, 5.74) is 0.793. The molecule has 0 bridgehead atoms. The number of thiazole rings is 1. The van der Waals surface area contributed by atoms with Crippen molar-refractivity contribution in [3.05, 3.63) is 44.9 Å². The molecule has 112 valence electrons. The number of carbonyl (C=O) groups excluding carboxylic acids is 1. The lowest BCUT2D eigenvalue weighted by molar-refractivity contribution is 0.102. The molecule has 8 nitrogen and oxygen atoms in total. The van der Waals surface area contributed by atoms with Gasteiger partial charge in [0.25, 0.3) is 11.8 Å². The van der Waals surface area contributed by atoms with Gasteiger partial charge in [0.05, 0.1) is 16.3 Å². The summed E-state index contributed by atoms with van der Waals surface area (Å²) in [4.78, 5) is 30.4. The molecule has 3 rings (SSSR count). The van der Waals surface area contributed by atoms with E-state index < -0.39 is 5.91 Å². The number of H-pyrrole nitrogens is 1. The molecule has 3 aromatic rings. The second kappa shape index (κ2) is 5.53. The lowest BCUT2D eigenvalue weighted by atomic mass is 10.3. The molecule has 22 heavy (non-hydrogen) atoms. The minimum Gasteiger partial charge on any atom is -0.402 e. The molecule has 0 spiro atoms. The quantitative estimate of drug-likeness (QED) is 0.760. The monoisotopic (exact) mass is 317 g/mol. The summed E-state index contributed by atoms with van der Waals surface area (Å²) in [6.45, 7) is 3.73. The molecule has 0 saturated carbocycles. The average molecular weight is 317 g/mol. The fourth-order valence-corrected chi connectivity index (χ4v) is 2.66. The van der Waals surface area contributed by atoms with E-state index in [9.17, 15) is 9.59 Å². The molecule has 9 heteroatoms. The van der Waals surface area contributed by atoms with Gasteiger partial charge in [-0.1, -0.05) is 5.10 Å². The first-order valence-electron chi connectivity index (χ1n) is 6.31. The van der Waals surface area contributed by atoms with Gasteiger partial charge in [0, 0.05) is 12.3 Å². The molecule has 0 fully saturated rings. The van der Waals surface area contributed by atoms with Crippen LogP contribution in [0.25, 0.3) is 10.8 Å². The highest BCUT2D eigenvalue weighted by Gasteiger charge is 2.16. The summed E-state index contributed by atoms with van der Waals surface area (Å²) >= 11 is 1.44. The molecule has 0 aliphatic heterocycles. The Morgan fingerprint density at radius 1 is 1.32 bits per heavy atom. The van der Waals surface area contributed by atoms with E-state index in [2.05, 4.69) is 25.5 Å². The fraction of sp³-hybridized carbons (Fsp3) is 0.154. The van der Waals surface area contributed by atoms with Crippen LogP contribution in [0.5, 0.6) is 0 Å². The van der Waals surface area contributed by atoms with Gasteiger partial charge >= 0.3 is 6.01 Å². The Kier molecular flexibility index (Phi) is 3.55. The fourth-order valence-electron chi connectivity index (χ4n) is 1.82. The van der Waals surface area contributed by atoms with Crippen LogP contribution in [-0.4, -0.2) is 26.1 Å². The van der Waals surface area contributed by atoms with Crippen LogP contribution in [0, 0.1) is 13.8 Å². The highest BCUT2D eigenvalue weighted by Crippen LogP contribution is 2.29. The third-order valence-electron chi connectivity index (χ3n) is 2.79. The summed E-state index contributed by atoms with van der Waals surface area (Å²) in [7, 11) is 0. The number of hydrogen-bond donors (Lipinski definition) is 2. The maximum Gasteiger partial charge on any atom is 0.322 e. The number of hydrogen-bond acceptors (Lipinski definition) is 7. The van der Waals surface area contributed by atoms with Crippen molar-refractivity contribution in [2.24, 2.45) is 0 Å². The first-order valence-corrected chi connectivity index (χ1v) is 7.12. The molecule has 0 aromatic carbocycles. The van der Waals surface area contributed by atoms with Gasteiger partial charge in [0.15, 0.2) is 0 Å². The van der Waals surface area contributed by atoms with Gasteiger partial charge in [-0.25, -0.2) is 4.98 Å². The van der Waals surface area contributed by atoms with Gasteiger partial charge in [-0.3, -0.25) is 14.9 Å². The highest BCUT2D eigenvalue weighted by atomic mass is 32.1. The Morgan fingerprint density at radius 3 is 2.77 bits per heavy atom. The van der Waals surface area contributed by atoms with Gasteiger partial charge in [-0.05, 0) is 19.9 Å². The zero-order valence-electron chi connectivity index (χ0n) is 11.7. The Balaban J connectivity index is 1.79. The average Bonchev–Trinajstić information content (AvgIpc) is 3.06. The molecule has 0 aliphatic rings. The Morgan fingerprint density at radius 2 is 2.14 bits per heavy atom. The van der Waals surface area contributed by atoms with E-state index in [0.717, 1.165) is 15.6 Å². The normalized spacial score (nSPS) is 10.6. The van der Waals surface area contributed by atoms with Crippen LogP contribution in [0.2, 0.25) is 0 Å². The number of carbonyl (C=O) groups is 1. The SMILES string of the molecule is Cc1nc(C)c(-c2nnc(NC(=O)c3ccc(=O)[nH]c3)o2)s1. The van der Waals surface area contributed by atoms with Gasteiger partial charge in [0.2, 0.25) is 5.56 Å². The number of amides is 1. The third-order valence-corrected chi connectivity index (χ3v) is 3.85. The zero-order valence-corrected chi connectivity index (χ0v) is 12.5. The van der Waals surface area contributed by atoms with E-state index in [0.29, 0.717) is 5.89 Å². The molecule has 0 aliphatic carbocycles. The Bertz CT molecular complexity index is 875. The van der Waals surface area contributed by atoms with Crippen molar-refractivity contribution >= 4 is 23.3 Å². The van der Waals surface area contributed by atoms with Crippen LogP contribution < -0.4 is 10.9 Å². The first kappa shape index (κ1) is 14.1. The number of aryl methyl sites for hydroxylation is 2. The van der Waals surface area contributed by atoms with E-state index in [1.165, 1.54) is 29.7 Å². The Labute approximate surface area is 128 Å². The first-order chi connectivity index (χ1) is 10.5. The molecule has 2 N–H and O–H groups in total. The van der Waals surface area contributed by atoms with Gasteiger partial charge in [-0.15, -0.1) is 16.4 Å². The number of nitrogens with one attached hydrogen (secondary N) is 2.